The fraction of sp³-hybridized carbons (Fsp3) is 0.278. The smallest absolute Gasteiger partial charge is 0.238 e. The topological polar surface area (TPSA) is 63.1 Å². The maximum Gasteiger partial charge on any atom is 0.238 e. The average Bonchev–Trinajstić information content (AvgIpc) is 3.37. The Labute approximate surface area is 160 Å². The van der Waals surface area contributed by atoms with Gasteiger partial charge in [0, 0.05) is 15.9 Å². The summed E-state index contributed by atoms with van der Waals surface area (Å²) in [5.74, 6) is -0.0583. The van der Waals surface area contributed by atoms with Crippen LogP contribution in [0.25, 0.3) is 5.69 Å². The minimum atomic E-state index is -0.0583. The zero-order valence-corrected chi connectivity index (χ0v) is 15.6. The molecular formula is C18H18ClN5OS. The molecule has 0 radical (unpaired) electrons. The van der Waals surface area contributed by atoms with Crippen LogP contribution in [0.1, 0.15) is 23.8 Å². The molecule has 4 rings (SSSR count). The summed E-state index contributed by atoms with van der Waals surface area (Å²) in [6, 6.07) is 9.85. The van der Waals surface area contributed by atoms with Gasteiger partial charge in [0.25, 0.3) is 0 Å². The van der Waals surface area contributed by atoms with Crippen LogP contribution in [0.4, 0.5) is 5.69 Å². The molecule has 3 heterocycles. The number of rotatable bonds is 5. The normalized spacial score (nSPS) is 17.5. The highest BCUT2D eigenvalue weighted by molar-refractivity contribution is 7.10. The second-order valence-electron chi connectivity index (χ2n) is 6.19. The Hall–Kier alpha value is -2.22. The van der Waals surface area contributed by atoms with E-state index in [-0.39, 0.29) is 5.91 Å². The number of likely N-dealkylation sites (tertiary alicyclic amines) is 1. The molecule has 1 saturated heterocycles. The van der Waals surface area contributed by atoms with E-state index in [1.165, 1.54) is 11.2 Å². The first-order valence-electron chi connectivity index (χ1n) is 8.42. The third-order valence-corrected chi connectivity index (χ3v) is 5.69. The molecule has 1 unspecified atom stereocenters. The van der Waals surface area contributed by atoms with Crippen LogP contribution in [0.5, 0.6) is 0 Å². The third-order valence-electron chi connectivity index (χ3n) is 4.48. The first kappa shape index (κ1) is 17.2. The Bertz CT molecular complexity index is 881. The van der Waals surface area contributed by atoms with E-state index >= 15 is 0 Å². The summed E-state index contributed by atoms with van der Waals surface area (Å²) in [6.07, 6.45) is 5.24. The molecule has 3 aromatic rings. The van der Waals surface area contributed by atoms with Crippen molar-refractivity contribution in [3.63, 3.8) is 0 Å². The van der Waals surface area contributed by atoms with Crippen LogP contribution in [0.15, 0.2) is 48.4 Å². The van der Waals surface area contributed by atoms with Crippen molar-refractivity contribution in [3.8, 4) is 5.69 Å². The monoisotopic (exact) mass is 387 g/mol. The lowest BCUT2D eigenvalue weighted by molar-refractivity contribution is -0.117. The van der Waals surface area contributed by atoms with Gasteiger partial charge in [-0.05, 0) is 49.0 Å². The predicted octanol–water partition coefficient (Wildman–Crippen LogP) is 3.76. The van der Waals surface area contributed by atoms with Crippen molar-refractivity contribution >= 4 is 34.5 Å². The largest absolute Gasteiger partial charge is 0.323 e. The minimum absolute atomic E-state index is 0.0583. The van der Waals surface area contributed by atoms with Gasteiger partial charge in [-0.25, -0.2) is 9.67 Å². The second kappa shape index (κ2) is 7.57. The van der Waals surface area contributed by atoms with Gasteiger partial charge in [-0.1, -0.05) is 17.7 Å². The number of benzene rings is 1. The van der Waals surface area contributed by atoms with Crippen molar-refractivity contribution in [2.45, 2.75) is 18.9 Å². The highest BCUT2D eigenvalue weighted by Crippen LogP contribution is 2.34. The number of amides is 1. The quantitative estimate of drug-likeness (QED) is 0.724. The van der Waals surface area contributed by atoms with Crippen LogP contribution in [0, 0.1) is 0 Å². The van der Waals surface area contributed by atoms with Crippen molar-refractivity contribution < 1.29 is 4.79 Å². The lowest BCUT2D eigenvalue weighted by Crippen LogP contribution is -2.32. The second-order valence-corrected chi connectivity index (χ2v) is 7.61. The number of carbonyl (C=O) groups excluding carboxylic acids is 1. The molecule has 1 aliphatic heterocycles. The van der Waals surface area contributed by atoms with Crippen LogP contribution in [0.3, 0.4) is 0 Å². The highest BCUT2D eigenvalue weighted by atomic mass is 35.5. The lowest BCUT2D eigenvalue weighted by Gasteiger charge is -2.23. The van der Waals surface area contributed by atoms with Crippen molar-refractivity contribution in [1.82, 2.24) is 19.7 Å². The van der Waals surface area contributed by atoms with Crippen molar-refractivity contribution in [1.29, 1.82) is 0 Å². The molecule has 0 bridgehead atoms. The molecule has 0 aliphatic carbocycles. The summed E-state index contributed by atoms with van der Waals surface area (Å²) in [6.45, 7) is 1.29. The van der Waals surface area contributed by atoms with Gasteiger partial charge in [0.2, 0.25) is 5.91 Å². The van der Waals surface area contributed by atoms with E-state index in [1.807, 2.05) is 6.07 Å². The van der Waals surface area contributed by atoms with E-state index < -0.39 is 0 Å². The summed E-state index contributed by atoms with van der Waals surface area (Å²) in [5.41, 5.74) is 1.36. The van der Waals surface area contributed by atoms with E-state index in [9.17, 15) is 4.79 Å². The van der Waals surface area contributed by atoms with Gasteiger partial charge in [0.1, 0.15) is 12.7 Å². The molecule has 26 heavy (non-hydrogen) atoms. The Kier molecular flexibility index (Phi) is 5.01. The van der Waals surface area contributed by atoms with E-state index in [0.29, 0.717) is 23.3 Å². The molecule has 6 nitrogen and oxygen atoms in total. The Morgan fingerprint density at radius 1 is 1.38 bits per heavy atom. The molecule has 1 aliphatic rings. The fourth-order valence-corrected chi connectivity index (χ4v) is 4.40. The standard InChI is InChI=1S/C18H18ClN5OS/c19-13-5-6-15(24-12-20-11-21-24)14(9-13)22-18(25)10-23-7-1-3-16(23)17-4-2-8-26-17/h2,4-6,8-9,11-12,16H,1,3,7,10H2,(H,22,25). The van der Waals surface area contributed by atoms with E-state index in [4.69, 9.17) is 11.6 Å². The molecule has 8 heteroatoms. The number of hydrogen-bond acceptors (Lipinski definition) is 5. The molecule has 1 fully saturated rings. The van der Waals surface area contributed by atoms with Gasteiger partial charge in [-0.3, -0.25) is 9.69 Å². The van der Waals surface area contributed by atoms with Crippen LogP contribution in [-0.4, -0.2) is 38.7 Å². The maximum atomic E-state index is 12.7. The molecule has 1 amide bonds. The Morgan fingerprint density at radius 3 is 3.08 bits per heavy atom. The molecule has 1 aromatic carbocycles. The Balaban J connectivity index is 1.49. The molecule has 1 atom stereocenters. The summed E-state index contributed by atoms with van der Waals surface area (Å²) >= 11 is 7.87. The number of hydrogen-bond donors (Lipinski definition) is 1. The van der Waals surface area contributed by atoms with Crippen molar-refractivity contribution in [3.05, 3.63) is 58.3 Å². The van der Waals surface area contributed by atoms with Crippen LogP contribution >= 0.6 is 22.9 Å². The summed E-state index contributed by atoms with van der Waals surface area (Å²) < 4.78 is 1.61. The number of nitrogens with one attached hydrogen (secondary N) is 1. The molecular weight excluding hydrogens is 370 g/mol. The zero-order chi connectivity index (χ0) is 17.9. The van der Waals surface area contributed by atoms with E-state index in [0.717, 1.165) is 25.1 Å². The molecule has 134 valence electrons. The minimum Gasteiger partial charge on any atom is -0.323 e. The summed E-state index contributed by atoms with van der Waals surface area (Å²) in [4.78, 5) is 20.2. The van der Waals surface area contributed by atoms with E-state index in [1.54, 1.807) is 34.5 Å². The van der Waals surface area contributed by atoms with Gasteiger partial charge in [0.15, 0.2) is 0 Å². The highest BCUT2D eigenvalue weighted by Gasteiger charge is 2.28. The SMILES string of the molecule is O=C(CN1CCCC1c1cccs1)Nc1cc(Cl)ccc1-n1cncn1. The average molecular weight is 388 g/mol. The first-order valence-corrected chi connectivity index (χ1v) is 9.68. The summed E-state index contributed by atoms with van der Waals surface area (Å²) in [7, 11) is 0. The van der Waals surface area contributed by atoms with Gasteiger partial charge in [0.05, 0.1) is 17.9 Å². The number of anilines is 1. The number of thiophene rings is 1. The van der Waals surface area contributed by atoms with Gasteiger partial charge in [-0.15, -0.1) is 11.3 Å². The van der Waals surface area contributed by atoms with Gasteiger partial charge < -0.3 is 5.32 Å². The maximum absolute atomic E-state index is 12.7. The molecule has 2 aromatic heterocycles. The Morgan fingerprint density at radius 2 is 2.31 bits per heavy atom. The van der Waals surface area contributed by atoms with Gasteiger partial charge >= 0.3 is 0 Å². The van der Waals surface area contributed by atoms with Gasteiger partial charge in [-0.2, -0.15) is 5.10 Å². The van der Waals surface area contributed by atoms with Crippen LogP contribution < -0.4 is 5.32 Å². The fourth-order valence-electron chi connectivity index (χ4n) is 3.33. The number of nitrogens with zero attached hydrogens (tertiary/aromatic N) is 4. The van der Waals surface area contributed by atoms with Crippen molar-refractivity contribution in [2.75, 3.05) is 18.4 Å². The molecule has 0 spiro atoms. The van der Waals surface area contributed by atoms with Crippen LogP contribution in [0.2, 0.25) is 5.02 Å². The lowest BCUT2D eigenvalue weighted by atomic mass is 10.2. The third kappa shape index (κ3) is 3.65. The first-order chi connectivity index (χ1) is 12.7. The summed E-state index contributed by atoms with van der Waals surface area (Å²) in [5, 5.41) is 9.76. The number of aromatic nitrogens is 3. The molecule has 1 N–H and O–H groups in total. The predicted molar refractivity (Wildman–Crippen MR) is 103 cm³/mol. The van der Waals surface area contributed by atoms with Crippen LogP contribution in [-0.2, 0) is 4.79 Å². The zero-order valence-electron chi connectivity index (χ0n) is 14.0. The number of carbonyl (C=O) groups is 1. The van der Waals surface area contributed by atoms with E-state index in [2.05, 4.69) is 37.8 Å². The van der Waals surface area contributed by atoms with Crippen molar-refractivity contribution in [2.24, 2.45) is 0 Å². The molecule has 0 saturated carbocycles. The number of halogens is 1.